The molecule has 1 amide bonds. The van der Waals surface area contributed by atoms with Crippen LogP contribution in [0.15, 0.2) is 29.1 Å². The predicted molar refractivity (Wildman–Crippen MR) is 108 cm³/mol. The minimum absolute atomic E-state index is 0. The Morgan fingerprint density at radius 2 is 1.85 bits per heavy atom. The van der Waals surface area contributed by atoms with Crippen LogP contribution in [0.25, 0.3) is 10.9 Å². The van der Waals surface area contributed by atoms with E-state index >= 15 is 0 Å². The number of hydrogen-bond acceptors (Lipinski definition) is 5. The Hall–Kier alpha value is -1.99. The number of fused-ring (bicyclic) bond motifs is 1. The van der Waals surface area contributed by atoms with Gasteiger partial charge in [0.05, 0.1) is 11.9 Å². The Labute approximate surface area is 165 Å². The number of carbonyl (C=O) groups is 1. The molecule has 7 nitrogen and oxygen atoms in total. The number of halogens is 1. The average Bonchev–Trinajstić information content (AvgIpc) is 2.94. The molecule has 0 unspecified atom stereocenters. The van der Waals surface area contributed by atoms with Gasteiger partial charge in [-0.2, -0.15) is 0 Å². The molecule has 27 heavy (non-hydrogen) atoms. The zero-order valence-corrected chi connectivity index (χ0v) is 16.3. The van der Waals surface area contributed by atoms with E-state index in [1.165, 1.54) is 43.2 Å². The summed E-state index contributed by atoms with van der Waals surface area (Å²) < 4.78 is 1.26. The Bertz CT molecular complexity index is 787. The van der Waals surface area contributed by atoms with Gasteiger partial charge in [0.15, 0.2) is 0 Å². The molecule has 2 aromatic rings. The topological polar surface area (TPSA) is 88.9 Å². The summed E-state index contributed by atoms with van der Waals surface area (Å²) >= 11 is 0. The van der Waals surface area contributed by atoms with Crippen molar-refractivity contribution in [1.29, 1.82) is 0 Å². The second-order valence-electron chi connectivity index (χ2n) is 6.88. The number of hydrogen-bond donors (Lipinski definition) is 2. The van der Waals surface area contributed by atoms with Crippen molar-refractivity contribution >= 4 is 29.2 Å². The SMILES string of the molecule is Cl.O=C(CCn1nnc2ccccc2c1=O)NCCNC1CCCCCC1. The molecule has 0 aliphatic heterocycles. The standard InChI is InChI=1S/C19H27N5O2.ClH/c25-18(21-13-12-20-15-7-3-1-2-4-8-15)11-14-24-19(26)16-9-5-6-10-17(16)22-23-24;/h5-6,9-10,15,20H,1-4,7-8,11-14H2,(H,21,25);1H. The van der Waals surface area contributed by atoms with Crippen LogP contribution in [0.1, 0.15) is 44.9 Å². The molecule has 1 aromatic heterocycles. The van der Waals surface area contributed by atoms with Crippen LogP contribution < -0.4 is 16.2 Å². The first-order valence-electron chi connectivity index (χ1n) is 9.56. The summed E-state index contributed by atoms with van der Waals surface area (Å²) in [5.41, 5.74) is 0.362. The molecule has 0 atom stereocenters. The van der Waals surface area contributed by atoms with Gasteiger partial charge in [0.2, 0.25) is 5.91 Å². The Morgan fingerprint density at radius 1 is 1.11 bits per heavy atom. The van der Waals surface area contributed by atoms with Gasteiger partial charge in [-0.25, -0.2) is 4.68 Å². The largest absolute Gasteiger partial charge is 0.355 e. The molecule has 0 saturated heterocycles. The highest BCUT2D eigenvalue weighted by molar-refractivity contribution is 5.85. The highest BCUT2D eigenvalue weighted by Gasteiger charge is 2.11. The van der Waals surface area contributed by atoms with Crippen LogP contribution in [-0.2, 0) is 11.3 Å². The second kappa shape index (κ2) is 11.0. The highest BCUT2D eigenvalue weighted by Crippen LogP contribution is 2.16. The monoisotopic (exact) mass is 393 g/mol. The maximum absolute atomic E-state index is 12.3. The van der Waals surface area contributed by atoms with Crippen molar-refractivity contribution in [2.24, 2.45) is 0 Å². The molecule has 8 heteroatoms. The van der Waals surface area contributed by atoms with Gasteiger partial charge in [0.1, 0.15) is 5.52 Å². The van der Waals surface area contributed by atoms with Crippen LogP contribution >= 0.6 is 12.4 Å². The summed E-state index contributed by atoms with van der Waals surface area (Å²) in [7, 11) is 0. The summed E-state index contributed by atoms with van der Waals surface area (Å²) in [5, 5.41) is 14.9. The summed E-state index contributed by atoms with van der Waals surface area (Å²) in [5.74, 6) is -0.0745. The summed E-state index contributed by atoms with van der Waals surface area (Å²) in [6.07, 6.45) is 7.96. The summed E-state index contributed by atoms with van der Waals surface area (Å²) in [4.78, 5) is 24.3. The van der Waals surface area contributed by atoms with Gasteiger partial charge in [-0.1, -0.05) is 43.0 Å². The zero-order valence-electron chi connectivity index (χ0n) is 15.5. The fourth-order valence-corrected chi connectivity index (χ4v) is 3.43. The van der Waals surface area contributed by atoms with Gasteiger partial charge >= 0.3 is 0 Å². The third-order valence-corrected chi connectivity index (χ3v) is 4.92. The molecule has 1 aliphatic rings. The van der Waals surface area contributed by atoms with Crippen LogP contribution in [0.4, 0.5) is 0 Å². The quantitative estimate of drug-likeness (QED) is 0.555. The number of aromatic nitrogens is 3. The highest BCUT2D eigenvalue weighted by atomic mass is 35.5. The Morgan fingerprint density at radius 3 is 2.63 bits per heavy atom. The maximum Gasteiger partial charge on any atom is 0.277 e. The summed E-state index contributed by atoms with van der Waals surface area (Å²) in [6.45, 7) is 1.62. The molecule has 0 radical (unpaired) electrons. The Balaban J connectivity index is 0.00000261. The van der Waals surface area contributed by atoms with Crippen molar-refractivity contribution in [1.82, 2.24) is 25.6 Å². The Kier molecular flexibility index (Phi) is 8.67. The average molecular weight is 394 g/mol. The molecular formula is C19H28ClN5O2. The van der Waals surface area contributed by atoms with Gasteiger partial charge in [-0.05, 0) is 25.0 Å². The normalized spacial score (nSPS) is 15.1. The lowest BCUT2D eigenvalue weighted by atomic mass is 10.1. The van der Waals surface area contributed by atoms with Crippen molar-refractivity contribution in [3.63, 3.8) is 0 Å². The van der Waals surface area contributed by atoms with E-state index in [0.717, 1.165) is 6.54 Å². The number of amides is 1. The predicted octanol–water partition coefficient (Wildman–Crippen LogP) is 2.03. The fourth-order valence-electron chi connectivity index (χ4n) is 3.43. The molecule has 3 rings (SSSR count). The van der Waals surface area contributed by atoms with E-state index in [1.54, 1.807) is 18.2 Å². The minimum atomic E-state index is -0.210. The van der Waals surface area contributed by atoms with Crippen molar-refractivity contribution in [2.45, 2.75) is 57.5 Å². The third-order valence-electron chi connectivity index (χ3n) is 4.92. The van der Waals surface area contributed by atoms with Gasteiger partial charge in [0.25, 0.3) is 5.56 Å². The van der Waals surface area contributed by atoms with Crippen molar-refractivity contribution in [3.8, 4) is 0 Å². The molecule has 1 fully saturated rings. The van der Waals surface area contributed by atoms with Crippen molar-refractivity contribution < 1.29 is 4.79 Å². The van der Waals surface area contributed by atoms with Crippen LogP contribution in [0, 0.1) is 0 Å². The van der Waals surface area contributed by atoms with E-state index in [-0.39, 0.29) is 36.8 Å². The third kappa shape index (κ3) is 6.29. The first-order valence-corrected chi connectivity index (χ1v) is 9.56. The summed E-state index contributed by atoms with van der Waals surface area (Å²) in [6, 6.07) is 7.67. The van der Waals surface area contributed by atoms with E-state index in [2.05, 4.69) is 20.9 Å². The molecule has 0 spiro atoms. The molecule has 0 bridgehead atoms. The molecule has 1 aliphatic carbocycles. The number of benzene rings is 1. The van der Waals surface area contributed by atoms with Crippen LogP contribution in [0.3, 0.4) is 0 Å². The smallest absolute Gasteiger partial charge is 0.277 e. The lowest BCUT2D eigenvalue weighted by Gasteiger charge is -2.16. The molecular weight excluding hydrogens is 366 g/mol. The molecule has 1 saturated carbocycles. The lowest BCUT2D eigenvalue weighted by Crippen LogP contribution is -2.37. The van der Waals surface area contributed by atoms with Gasteiger partial charge in [0, 0.05) is 25.6 Å². The molecule has 1 heterocycles. The van der Waals surface area contributed by atoms with E-state index in [4.69, 9.17) is 0 Å². The fraction of sp³-hybridized carbons (Fsp3) is 0.579. The van der Waals surface area contributed by atoms with E-state index in [9.17, 15) is 9.59 Å². The van der Waals surface area contributed by atoms with E-state index in [0.29, 0.717) is 23.5 Å². The number of nitrogens with zero attached hydrogens (tertiary/aromatic N) is 3. The van der Waals surface area contributed by atoms with Crippen LogP contribution in [0.2, 0.25) is 0 Å². The molecule has 2 N–H and O–H groups in total. The van der Waals surface area contributed by atoms with E-state index in [1.807, 2.05) is 6.07 Å². The van der Waals surface area contributed by atoms with E-state index < -0.39 is 0 Å². The van der Waals surface area contributed by atoms with Crippen molar-refractivity contribution in [2.75, 3.05) is 13.1 Å². The van der Waals surface area contributed by atoms with Gasteiger partial charge in [-0.3, -0.25) is 9.59 Å². The second-order valence-corrected chi connectivity index (χ2v) is 6.88. The number of aryl methyl sites for hydroxylation is 1. The van der Waals surface area contributed by atoms with Crippen LogP contribution in [0.5, 0.6) is 0 Å². The number of rotatable bonds is 7. The maximum atomic E-state index is 12.3. The van der Waals surface area contributed by atoms with Crippen molar-refractivity contribution in [3.05, 3.63) is 34.6 Å². The number of nitrogens with one attached hydrogen (secondary N) is 2. The first kappa shape index (κ1) is 21.3. The minimum Gasteiger partial charge on any atom is -0.355 e. The van der Waals surface area contributed by atoms with Gasteiger partial charge in [-0.15, -0.1) is 17.5 Å². The zero-order chi connectivity index (χ0) is 18.2. The first-order chi connectivity index (χ1) is 12.7. The molecule has 148 valence electrons. The van der Waals surface area contributed by atoms with Gasteiger partial charge < -0.3 is 10.6 Å². The molecule has 1 aromatic carbocycles. The number of carbonyl (C=O) groups excluding carboxylic acids is 1. The lowest BCUT2D eigenvalue weighted by molar-refractivity contribution is -0.121. The van der Waals surface area contributed by atoms with Crippen LogP contribution in [-0.4, -0.2) is 40.0 Å².